The lowest BCUT2D eigenvalue weighted by molar-refractivity contribution is 0.134. The SMILES string of the molecule is COC(=O)N(C)N=C(c1ccc(Cl)cc1)C(C)(C)C. The molecule has 0 bridgehead atoms. The number of hydrogen-bond acceptors (Lipinski definition) is 3. The maximum atomic E-state index is 11.4. The molecule has 0 aliphatic carbocycles. The Morgan fingerprint density at radius 1 is 1.26 bits per heavy atom. The van der Waals surface area contributed by atoms with Crippen molar-refractivity contribution in [1.29, 1.82) is 0 Å². The van der Waals surface area contributed by atoms with E-state index in [1.54, 1.807) is 19.2 Å². The molecule has 19 heavy (non-hydrogen) atoms. The van der Waals surface area contributed by atoms with Crippen LogP contribution in [0.2, 0.25) is 5.02 Å². The van der Waals surface area contributed by atoms with E-state index in [0.717, 1.165) is 11.3 Å². The van der Waals surface area contributed by atoms with Gasteiger partial charge >= 0.3 is 6.09 Å². The first-order valence-electron chi connectivity index (χ1n) is 5.92. The number of benzene rings is 1. The van der Waals surface area contributed by atoms with E-state index in [1.807, 2.05) is 32.9 Å². The predicted octanol–water partition coefficient (Wildman–Crippen LogP) is 3.79. The summed E-state index contributed by atoms with van der Waals surface area (Å²) in [4.78, 5) is 11.4. The van der Waals surface area contributed by atoms with Gasteiger partial charge in [0.1, 0.15) is 0 Å². The molecular formula is C14H19ClN2O2. The minimum absolute atomic E-state index is 0.212. The maximum Gasteiger partial charge on any atom is 0.429 e. The van der Waals surface area contributed by atoms with Crippen LogP contribution in [-0.2, 0) is 4.74 Å². The Morgan fingerprint density at radius 2 is 1.79 bits per heavy atom. The number of rotatable bonds is 2. The number of carbonyl (C=O) groups is 1. The second kappa shape index (κ2) is 6.06. The topological polar surface area (TPSA) is 41.9 Å². The summed E-state index contributed by atoms with van der Waals surface area (Å²) in [5.41, 5.74) is 1.50. The molecule has 0 saturated carbocycles. The normalized spacial score (nSPS) is 12.2. The number of ether oxygens (including phenoxy) is 1. The van der Waals surface area contributed by atoms with Crippen molar-refractivity contribution in [2.75, 3.05) is 14.2 Å². The van der Waals surface area contributed by atoms with Crippen molar-refractivity contribution in [1.82, 2.24) is 5.01 Å². The third-order valence-corrected chi connectivity index (χ3v) is 2.77. The lowest BCUT2D eigenvalue weighted by atomic mass is 9.86. The molecule has 0 atom stereocenters. The number of methoxy groups -OCH3 is 1. The van der Waals surface area contributed by atoms with Crippen molar-refractivity contribution >= 4 is 23.4 Å². The van der Waals surface area contributed by atoms with Crippen molar-refractivity contribution in [3.8, 4) is 0 Å². The Labute approximate surface area is 119 Å². The Kier molecular flexibility index (Phi) is 4.95. The Hall–Kier alpha value is -1.55. The summed E-state index contributed by atoms with van der Waals surface area (Å²) in [5, 5.41) is 6.21. The van der Waals surface area contributed by atoms with Gasteiger partial charge in [-0.1, -0.05) is 44.5 Å². The van der Waals surface area contributed by atoms with Gasteiger partial charge in [-0.05, 0) is 17.7 Å². The number of nitrogens with zero attached hydrogens (tertiary/aromatic N) is 2. The molecule has 0 aromatic heterocycles. The van der Waals surface area contributed by atoms with E-state index in [-0.39, 0.29) is 5.41 Å². The zero-order valence-corrected chi connectivity index (χ0v) is 12.7. The van der Waals surface area contributed by atoms with Crippen molar-refractivity contribution in [3.63, 3.8) is 0 Å². The van der Waals surface area contributed by atoms with E-state index in [2.05, 4.69) is 9.84 Å². The Bertz CT molecular complexity index is 475. The molecule has 0 aliphatic rings. The van der Waals surface area contributed by atoms with Gasteiger partial charge in [-0.2, -0.15) is 5.10 Å². The van der Waals surface area contributed by atoms with Gasteiger partial charge in [0.25, 0.3) is 0 Å². The molecule has 1 amide bonds. The van der Waals surface area contributed by atoms with Crippen LogP contribution in [0.4, 0.5) is 4.79 Å². The summed E-state index contributed by atoms with van der Waals surface area (Å²) >= 11 is 5.88. The first-order valence-corrected chi connectivity index (χ1v) is 6.30. The van der Waals surface area contributed by atoms with Gasteiger partial charge in [-0.25, -0.2) is 9.80 Å². The summed E-state index contributed by atoms with van der Waals surface area (Å²) in [7, 11) is 2.89. The van der Waals surface area contributed by atoms with Crippen LogP contribution in [0, 0.1) is 5.41 Å². The number of carbonyl (C=O) groups excluding carboxylic acids is 1. The minimum atomic E-state index is -0.504. The van der Waals surface area contributed by atoms with Gasteiger partial charge in [0.15, 0.2) is 0 Å². The minimum Gasteiger partial charge on any atom is -0.451 e. The van der Waals surface area contributed by atoms with Crippen LogP contribution in [0.3, 0.4) is 0 Å². The third-order valence-electron chi connectivity index (χ3n) is 2.52. The van der Waals surface area contributed by atoms with Crippen molar-refractivity contribution < 1.29 is 9.53 Å². The molecule has 1 rings (SSSR count). The molecule has 0 aliphatic heterocycles. The van der Waals surface area contributed by atoms with Crippen LogP contribution in [0.5, 0.6) is 0 Å². The van der Waals surface area contributed by atoms with E-state index in [1.165, 1.54) is 12.1 Å². The fourth-order valence-corrected chi connectivity index (χ4v) is 1.70. The quantitative estimate of drug-likeness (QED) is 0.612. The zero-order chi connectivity index (χ0) is 14.6. The molecule has 4 nitrogen and oxygen atoms in total. The first-order chi connectivity index (χ1) is 8.75. The van der Waals surface area contributed by atoms with E-state index in [9.17, 15) is 4.79 Å². The van der Waals surface area contributed by atoms with Crippen molar-refractivity contribution in [2.45, 2.75) is 20.8 Å². The molecule has 0 radical (unpaired) electrons. The van der Waals surface area contributed by atoms with Crippen LogP contribution in [-0.4, -0.2) is 31.0 Å². The van der Waals surface area contributed by atoms with Crippen LogP contribution >= 0.6 is 11.6 Å². The molecule has 0 fully saturated rings. The molecular weight excluding hydrogens is 264 g/mol. The molecule has 0 saturated heterocycles. The van der Waals surface area contributed by atoms with Gasteiger partial charge in [-0.15, -0.1) is 0 Å². The van der Waals surface area contributed by atoms with Crippen LogP contribution in [0.15, 0.2) is 29.4 Å². The highest BCUT2D eigenvalue weighted by Gasteiger charge is 2.23. The highest BCUT2D eigenvalue weighted by molar-refractivity contribution is 6.30. The van der Waals surface area contributed by atoms with Crippen molar-refractivity contribution in [3.05, 3.63) is 34.9 Å². The molecule has 5 heteroatoms. The molecule has 0 N–H and O–H groups in total. The number of hydrogen-bond donors (Lipinski definition) is 0. The molecule has 0 spiro atoms. The van der Waals surface area contributed by atoms with Crippen molar-refractivity contribution in [2.24, 2.45) is 10.5 Å². The van der Waals surface area contributed by atoms with Crippen LogP contribution < -0.4 is 0 Å². The number of halogens is 1. The molecule has 0 heterocycles. The second-order valence-corrected chi connectivity index (χ2v) is 5.64. The van der Waals surface area contributed by atoms with Gasteiger partial charge in [0.2, 0.25) is 0 Å². The Balaban J connectivity index is 3.20. The van der Waals surface area contributed by atoms with Crippen LogP contribution in [0.1, 0.15) is 26.3 Å². The van der Waals surface area contributed by atoms with E-state index in [4.69, 9.17) is 11.6 Å². The van der Waals surface area contributed by atoms with E-state index < -0.39 is 6.09 Å². The molecule has 1 aromatic rings. The number of hydrazone groups is 1. The fourth-order valence-electron chi connectivity index (χ4n) is 1.57. The van der Waals surface area contributed by atoms with E-state index >= 15 is 0 Å². The molecule has 104 valence electrons. The second-order valence-electron chi connectivity index (χ2n) is 5.20. The Morgan fingerprint density at radius 3 is 2.21 bits per heavy atom. The molecule has 0 unspecified atom stereocenters. The molecule has 1 aromatic carbocycles. The van der Waals surface area contributed by atoms with Crippen LogP contribution in [0.25, 0.3) is 0 Å². The summed E-state index contributed by atoms with van der Waals surface area (Å²) < 4.78 is 4.64. The lowest BCUT2D eigenvalue weighted by Gasteiger charge is -2.23. The van der Waals surface area contributed by atoms with E-state index in [0.29, 0.717) is 5.02 Å². The highest BCUT2D eigenvalue weighted by atomic mass is 35.5. The summed E-state index contributed by atoms with van der Waals surface area (Å²) in [6, 6.07) is 7.38. The maximum absolute atomic E-state index is 11.4. The summed E-state index contributed by atoms with van der Waals surface area (Å²) in [5.74, 6) is 0. The average Bonchev–Trinajstić information content (AvgIpc) is 2.34. The third kappa shape index (κ3) is 4.24. The smallest absolute Gasteiger partial charge is 0.429 e. The van der Waals surface area contributed by atoms with Gasteiger partial charge < -0.3 is 4.74 Å². The summed E-state index contributed by atoms with van der Waals surface area (Å²) in [6.45, 7) is 6.10. The number of amides is 1. The average molecular weight is 283 g/mol. The standard InChI is InChI=1S/C14H19ClN2O2/c1-14(2,3)12(16-17(4)13(18)19-5)10-6-8-11(15)9-7-10/h6-9H,1-5H3. The first kappa shape index (κ1) is 15.5. The summed E-state index contributed by atoms with van der Waals surface area (Å²) in [6.07, 6.45) is -0.504. The monoisotopic (exact) mass is 282 g/mol. The van der Waals surface area contributed by atoms with Gasteiger partial charge in [-0.3, -0.25) is 0 Å². The van der Waals surface area contributed by atoms with Gasteiger partial charge in [0.05, 0.1) is 12.8 Å². The highest BCUT2D eigenvalue weighted by Crippen LogP contribution is 2.23. The zero-order valence-electron chi connectivity index (χ0n) is 11.9. The predicted molar refractivity (Wildman–Crippen MR) is 77.6 cm³/mol. The lowest BCUT2D eigenvalue weighted by Crippen LogP contribution is -2.28. The largest absolute Gasteiger partial charge is 0.451 e. The van der Waals surface area contributed by atoms with Gasteiger partial charge in [0, 0.05) is 17.5 Å². The fraction of sp³-hybridized carbons (Fsp3) is 0.429.